The van der Waals surface area contributed by atoms with E-state index in [0.717, 1.165) is 37.1 Å². The molecule has 1 amide bonds. The van der Waals surface area contributed by atoms with Crippen LogP contribution in [0.1, 0.15) is 49.6 Å². The summed E-state index contributed by atoms with van der Waals surface area (Å²) in [5.74, 6) is 0.720. The molecule has 4 rings (SSSR count). The molecular formula is C23H25FN4O2. The van der Waals surface area contributed by atoms with Gasteiger partial charge in [-0.1, -0.05) is 19.3 Å². The molecule has 0 saturated heterocycles. The third kappa shape index (κ3) is 4.50. The highest BCUT2D eigenvalue weighted by Crippen LogP contribution is 2.24. The number of carbonyl (C=O) groups is 1. The average molecular weight is 408 g/mol. The normalized spacial score (nSPS) is 14.5. The van der Waals surface area contributed by atoms with Crippen molar-refractivity contribution in [3.63, 3.8) is 0 Å². The van der Waals surface area contributed by atoms with Gasteiger partial charge in [0, 0.05) is 11.6 Å². The first-order valence-corrected chi connectivity index (χ1v) is 10.4. The molecule has 1 aliphatic rings. The Bertz CT molecular complexity index is 993. The van der Waals surface area contributed by atoms with Crippen LogP contribution >= 0.6 is 0 Å². The van der Waals surface area contributed by atoms with Gasteiger partial charge in [-0.05, 0) is 68.3 Å². The molecule has 156 valence electrons. The van der Waals surface area contributed by atoms with E-state index in [1.807, 2.05) is 31.2 Å². The van der Waals surface area contributed by atoms with Crippen molar-refractivity contribution in [3.05, 3.63) is 60.2 Å². The number of carbonyl (C=O) groups excluding carboxylic acids is 1. The number of hydrogen-bond donors (Lipinski definition) is 1. The largest absolute Gasteiger partial charge is 0.494 e. The number of hydrogen-bond acceptors (Lipinski definition) is 4. The summed E-state index contributed by atoms with van der Waals surface area (Å²) in [4.78, 5) is 17.3. The standard InChI is InChI=1S/C23H25FN4O2/c1-2-30-20-14-12-19(13-15-20)28-22(16-8-10-17(24)11-9-16)26-21(27-28)23(29)25-18-6-4-3-5-7-18/h8-15,18H,2-7H2,1H3,(H,25,29). The number of benzene rings is 2. The highest BCUT2D eigenvalue weighted by Gasteiger charge is 2.22. The minimum absolute atomic E-state index is 0.105. The topological polar surface area (TPSA) is 69.0 Å². The van der Waals surface area contributed by atoms with Gasteiger partial charge in [-0.25, -0.2) is 14.1 Å². The van der Waals surface area contributed by atoms with E-state index in [2.05, 4.69) is 15.4 Å². The molecule has 3 aromatic rings. The summed E-state index contributed by atoms with van der Waals surface area (Å²) in [5.41, 5.74) is 1.41. The zero-order chi connectivity index (χ0) is 20.9. The summed E-state index contributed by atoms with van der Waals surface area (Å²) in [6.07, 6.45) is 5.43. The molecule has 0 spiro atoms. The molecule has 0 atom stereocenters. The maximum atomic E-state index is 13.4. The molecule has 7 heteroatoms. The predicted molar refractivity (Wildman–Crippen MR) is 112 cm³/mol. The van der Waals surface area contributed by atoms with Gasteiger partial charge in [-0.2, -0.15) is 0 Å². The van der Waals surface area contributed by atoms with Crippen molar-refractivity contribution in [2.45, 2.75) is 45.1 Å². The summed E-state index contributed by atoms with van der Waals surface area (Å²) in [5, 5.41) is 7.54. The Labute approximate surface area is 175 Å². The first-order valence-electron chi connectivity index (χ1n) is 10.4. The number of halogens is 1. The van der Waals surface area contributed by atoms with Crippen molar-refractivity contribution >= 4 is 5.91 Å². The van der Waals surface area contributed by atoms with Gasteiger partial charge in [0.05, 0.1) is 12.3 Å². The lowest BCUT2D eigenvalue weighted by molar-refractivity contribution is 0.0917. The lowest BCUT2D eigenvalue weighted by atomic mass is 9.95. The molecule has 2 aromatic carbocycles. The summed E-state index contributed by atoms with van der Waals surface area (Å²) >= 11 is 0. The third-order valence-corrected chi connectivity index (χ3v) is 5.25. The summed E-state index contributed by atoms with van der Waals surface area (Å²) < 4.78 is 20.5. The second-order valence-electron chi connectivity index (χ2n) is 7.41. The molecule has 1 saturated carbocycles. The van der Waals surface area contributed by atoms with Crippen molar-refractivity contribution in [2.75, 3.05) is 6.61 Å². The van der Waals surface area contributed by atoms with Crippen molar-refractivity contribution in [1.29, 1.82) is 0 Å². The summed E-state index contributed by atoms with van der Waals surface area (Å²) in [7, 11) is 0. The molecule has 1 aliphatic carbocycles. The van der Waals surface area contributed by atoms with Crippen molar-refractivity contribution in [2.24, 2.45) is 0 Å². The Morgan fingerprint density at radius 3 is 2.47 bits per heavy atom. The van der Waals surface area contributed by atoms with Gasteiger partial charge < -0.3 is 10.1 Å². The number of rotatable bonds is 6. The third-order valence-electron chi connectivity index (χ3n) is 5.25. The van der Waals surface area contributed by atoms with Gasteiger partial charge in [0.1, 0.15) is 11.6 Å². The van der Waals surface area contributed by atoms with Crippen LogP contribution in [0.4, 0.5) is 4.39 Å². The van der Waals surface area contributed by atoms with E-state index in [1.165, 1.54) is 18.6 Å². The number of ether oxygens (including phenoxy) is 1. The van der Waals surface area contributed by atoms with Crippen molar-refractivity contribution < 1.29 is 13.9 Å². The van der Waals surface area contributed by atoms with Crippen LogP contribution < -0.4 is 10.1 Å². The number of amides is 1. The van der Waals surface area contributed by atoms with E-state index in [-0.39, 0.29) is 23.6 Å². The molecule has 1 N–H and O–H groups in total. The second kappa shape index (κ2) is 9.07. The second-order valence-corrected chi connectivity index (χ2v) is 7.41. The van der Waals surface area contributed by atoms with E-state index >= 15 is 0 Å². The van der Waals surface area contributed by atoms with Gasteiger partial charge in [0.2, 0.25) is 5.82 Å². The zero-order valence-corrected chi connectivity index (χ0v) is 17.0. The van der Waals surface area contributed by atoms with Crippen LogP contribution in [0.5, 0.6) is 5.75 Å². The lowest BCUT2D eigenvalue weighted by Gasteiger charge is -2.21. The first-order chi connectivity index (χ1) is 14.6. The van der Waals surface area contributed by atoms with Crippen molar-refractivity contribution in [3.8, 4) is 22.8 Å². The van der Waals surface area contributed by atoms with Crippen LogP contribution in [0.3, 0.4) is 0 Å². The summed E-state index contributed by atoms with van der Waals surface area (Å²) in [6, 6.07) is 13.6. The first kappa shape index (κ1) is 20.1. The van der Waals surface area contributed by atoms with E-state index in [9.17, 15) is 9.18 Å². The molecule has 1 aromatic heterocycles. The highest BCUT2D eigenvalue weighted by molar-refractivity contribution is 5.91. The molecule has 6 nitrogen and oxygen atoms in total. The Morgan fingerprint density at radius 2 is 1.80 bits per heavy atom. The predicted octanol–water partition coefficient (Wildman–Crippen LogP) is 4.53. The fourth-order valence-corrected chi connectivity index (χ4v) is 3.72. The van der Waals surface area contributed by atoms with Gasteiger partial charge in [0.25, 0.3) is 5.91 Å². The molecule has 0 radical (unpaired) electrons. The van der Waals surface area contributed by atoms with Gasteiger partial charge in [0.15, 0.2) is 5.82 Å². The zero-order valence-electron chi connectivity index (χ0n) is 17.0. The highest BCUT2D eigenvalue weighted by atomic mass is 19.1. The minimum atomic E-state index is -0.332. The van der Waals surface area contributed by atoms with Crippen LogP contribution in [0.2, 0.25) is 0 Å². The van der Waals surface area contributed by atoms with Crippen LogP contribution in [-0.4, -0.2) is 33.3 Å². The van der Waals surface area contributed by atoms with Gasteiger partial charge >= 0.3 is 0 Å². The van der Waals surface area contributed by atoms with E-state index < -0.39 is 0 Å². The molecule has 1 fully saturated rings. The number of nitrogens with zero attached hydrogens (tertiary/aromatic N) is 3. The smallest absolute Gasteiger partial charge is 0.291 e. The summed E-state index contributed by atoms with van der Waals surface area (Å²) in [6.45, 7) is 2.50. The Morgan fingerprint density at radius 1 is 1.10 bits per heavy atom. The molecule has 0 unspecified atom stereocenters. The van der Waals surface area contributed by atoms with Crippen LogP contribution in [0, 0.1) is 5.82 Å². The average Bonchev–Trinajstić information content (AvgIpc) is 3.21. The molecule has 1 heterocycles. The van der Waals surface area contributed by atoms with Gasteiger partial charge in [-0.15, -0.1) is 5.10 Å². The van der Waals surface area contributed by atoms with Crippen LogP contribution in [0.25, 0.3) is 17.1 Å². The van der Waals surface area contributed by atoms with Crippen molar-refractivity contribution in [1.82, 2.24) is 20.1 Å². The van der Waals surface area contributed by atoms with E-state index in [4.69, 9.17) is 4.74 Å². The van der Waals surface area contributed by atoms with Crippen LogP contribution in [0.15, 0.2) is 48.5 Å². The van der Waals surface area contributed by atoms with Gasteiger partial charge in [-0.3, -0.25) is 4.79 Å². The SMILES string of the molecule is CCOc1ccc(-n2nc(C(=O)NC3CCCCC3)nc2-c2ccc(F)cc2)cc1. The fraction of sp³-hybridized carbons (Fsp3) is 0.348. The quantitative estimate of drug-likeness (QED) is 0.650. The maximum absolute atomic E-state index is 13.4. The molecule has 0 bridgehead atoms. The van der Waals surface area contributed by atoms with E-state index in [1.54, 1.807) is 16.8 Å². The lowest BCUT2D eigenvalue weighted by Crippen LogP contribution is -2.36. The van der Waals surface area contributed by atoms with Crippen LogP contribution in [-0.2, 0) is 0 Å². The monoisotopic (exact) mass is 408 g/mol. The molecule has 30 heavy (non-hydrogen) atoms. The van der Waals surface area contributed by atoms with E-state index in [0.29, 0.717) is 18.0 Å². The Balaban J connectivity index is 1.67. The fourth-order valence-electron chi connectivity index (χ4n) is 3.72. The number of nitrogens with one attached hydrogen (secondary N) is 1. The molecular weight excluding hydrogens is 383 g/mol. The Hall–Kier alpha value is -3.22. The molecule has 0 aliphatic heterocycles. The Kier molecular flexibility index (Phi) is 6.07. The maximum Gasteiger partial charge on any atom is 0.291 e. The number of aromatic nitrogens is 3. The minimum Gasteiger partial charge on any atom is -0.494 e.